The second kappa shape index (κ2) is 5.35. The van der Waals surface area contributed by atoms with Gasteiger partial charge in [0, 0.05) is 6.07 Å². The van der Waals surface area contributed by atoms with E-state index in [1.54, 1.807) is 0 Å². The lowest BCUT2D eigenvalue weighted by atomic mass is 10.2. The summed E-state index contributed by atoms with van der Waals surface area (Å²) in [5.74, 6) is -0.353. The van der Waals surface area contributed by atoms with E-state index in [-0.39, 0.29) is 28.8 Å². The maximum Gasteiger partial charge on any atom is 0.288 e. The molecule has 11 heteroatoms. The van der Waals surface area contributed by atoms with Gasteiger partial charge in [-0.25, -0.2) is 4.98 Å². The van der Waals surface area contributed by atoms with Crippen molar-refractivity contribution in [3.8, 4) is 0 Å². The highest BCUT2D eigenvalue weighted by molar-refractivity contribution is 6.32. The van der Waals surface area contributed by atoms with Crippen molar-refractivity contribution in [1.82, 2.24) is 30.9 Å². The minimum atomic E-state index is -0.667. The largest absolute Gasteiger partial charge is 0.344 e. The lowest BCUT2D eigenvalue weighted by molar-refractivity contribution is -0.385. The van der Waals surface area contributed by atoms with Crippen molar-refractivity contribution in [2.24, 2.45) is 0 Å². The molecule has 0 aliphatic heterocycles. The van der Waals surface area contributed by atoms with E-state index in [0.29, 0.717) is 0 Å². The highest BCUT2D eigenvalue weighted by Crippen LogP contribution is 2.18. The van der Waals surface area contributed by atoms with Crippen LogP contribution >= 0.6 is 11.6 Å². The predicted molar refractivity (Wildman–Crippen MR) is 61.2 cm³/mol. The van der Waals surface area contributed by atoms with Crippen molar-refractivity contribution in [2.45, 2.75) is 6.54 Å². The van der Waals surface area contributed by atoms with Crippen molar-refractivity contribution in [3.63, 3.8) is 0 Å². The molecule has 1 amide bonds. The Kier molecular flexibility index (Phi) is 3.61. The predicted octanol–water partition coefficient (Wildman–Crippen LogP) is 0.0863. The number of carbonyl (C=O) groups excluding carboxylic acids is 1. The molecule has 0 unspecified atom stereocenters. The van der Waals surface area contributed by atoms with Gasteiger partial charge in [-0.1, -0.05) is 16.8 Å². The lowest BCUT2D eigenvalue weighted by Gasteiger charge is -2.03. The van der Waals surface area contributed by atoms with Gasteiger partial charge < -0.3 is 5.32 Å². The Labute approximate surface area is 110 Å². The highest BCUT2D eigenvalue weighted by Gasteiger charge is 2.17. The van der Waals surface area contributed by atoms with Crippen molar-refractivity contribution < 1.29 is 9.72 Å². The van der Waals surface area contributed by atoms with E-state index in [1.165, 1.54) is 0 Å². The molecule has 2 N–H and O–H groups in total. The zero-order chi connectivity index (χ0) is 13.8. The number of amides is 1. The first-order chi connectivity index (χ1) is 9.08. The van der Waals surface area contributed by atoms with Crippen LogP contribution in [0.15, 0.2) is 12.3 Å². The van der Waals surface area contributed by atoms with Crippen molar-refractivity contribution in [3.05, 3.63) is 38.9 Å². The van der Waals surface area contributed by atoms with E-state index in [0.717, 1.165) is 12.3 Å². The molecule has 0 bridgehead atoms. The van der Waals surface area contributed by atoms with Crippen molar-refractivity contribution >= 4 is 23.2 Å². The van der Waals surface area contributed by atoms with E-state index in [4.69, 9.17) is 11.6 Å². The van der Waals surface area contributed by atoms with Gasteiger partial charge in [-0.15, -0.1) is 10.2 Å². The van der Waals surface area contributed by atoms with Gasteiger partial charge >= 0.3 is 0 Å². The second-order valence-electron chi connectivity index (χ2n) is 3.30. The highest BCUT2D eigenvalue weighted by atomic mass is 35.5. The number of rotatable bonds is 4. The first-order valence-corrected chi connectivity index (χ1v) is 5.26. The normalized spacial score (nSPS) is 10.2. The van der Waals surface area contributed by atoms with E-state index < -0.39 is 10.8 Å². The summed E-state index contributed by atoms with van der Waals surface area (Å²) in [5, 5.41) is 25.7. The first kappa shape index (κ1) is 12.8. The summed E-state index contributed by atoms with van der Waals surface area (Å²) >= 11 is 5.71. The van der Waals surface area contributed by atoms with Crippen molar-refractivity contribution in [1.29, 1.82) is 0 Å². The molecule has 0 aliphatic rings. The molecule has 0 saturated heterocycles. The number of halogens is 1. The molecule has 0 saturated carbocycles. The molecule has 2 aromatic rings. The maximum absolute atomic E-state index is 11.8. The third kappa shape index (κ3) is 2.98. The first-order valence-electron chi connectivity index (χ1n) is 4.88. The summed E-state index contributed by atoms with van der Waals surface area (Å²) in [4.78, 5) is 25.3. The molecule has 0 aromatic carbocycles. The summed E-state index contributed by atoms with van der Waals surface area (Å²) in [6.45, 7) is 0.00829. The summed E-state index contributed by atoms with van der Waals surface area (Å²) in [7, 11) is 0. The number of nitrogens with one attached hydrogen (secondary N) is 2. The number of nitro groups is 1. The second-order valence-corrected chi connectivity index (χ2v) is 3.66. The zero-order valence-corrected chi connectivity index (χ0v) is 9.96. The van der Waals surface area contributed by atoms with E-state index in [9.17, 15) is 14.9 Å². The number of hydrogen-bond donors (Lipinski definition) is 2. The summed E-state index contributed by atoms with van der Waals surface area (Å²) in [6, 6.07) is 1.04. The molecule has 2 aromatic heterocycles. The Morgan fingerprint density at radius 3 is 3.00 bits per heavy atom. The number of pyridine rings is 1. The van der Waals surface area contributed by atoms with Crippen LogP contribution in [0.5, 0.6) is 0 Å². The van der Waals surface area contributed by atoms with Gasteiger partial charge in [-0.2, -0.15) is 5.21 Å². The van der Waals surface area contributed by atoms with Crippen LogP contribution in [0.3, 0.4) is 0 Å². The molecule has 2 rings (SSSR count). The van der Waals surface area contributed by atoms with Crippen LogP contribution in [0.1, 0.15) is 16.2 Å². The number of aromatic nitrogens is 5. The van der Waals surface area contributed by atoms with Crippen LogP contribution in [0.4, 0.5) is 5.69 Å². The molecule has 0 aliphatic carbocycles. The fourth-order valence-electron chi connectivity index (χ4n) is 1.21. The van der Waals surface area contributed by atoms with E-state index in [2.05, 4.69) is 30.9 Å². The number of aromatic amines is 1. The fraction of sp³-hybridized carbons (Fsp3) is 0.125. The van der Waals surface area contributed by atoms with Gasteiger partial charge in [0.25, 0.3) is 11.6 Å². The smallest absolute Gasteiger partial charge is 0.288 e. The topological polar surface area (TPSA) is 140 Å². The summed E-state index contributed by atoms with van der Waals surface area (Å²) in [6.07, 6.45) is 0.971. The number of H-pyrrole nitrogens is 1. The standard InChI is InChI=1S/C8H6ClN7O3/c9-7-5(1-4(2-10-7)16(18)19)8(17)11-3-6-12-14-15-13-6/h1-2H,3H2,(H,11,17)(H,12,13,14,15). The molecule has 0 radical (unpaired) electrons. The van der Waals surface area contributed by atoms with Crippen LogP contribution in [-0.2, 0) is 6.54 Å². The van der Waals surface area contributed by atoms with Crippen LogP contribution < -0.4 is 5.32 Å². The third-order valence-electron chi connectivity index (χ3n) is 2.08. The fourth-order valence-corrected chi connectivity index (χ4v) is 1.40. The van der Waals surface area contributed by atoms with Gasteiger partial charge in [-0.3, -0.25) is 14.9 Å². The minimum absolute atomic E-state index is 0.00829. The Bertz CT molecular complexity index is 615. The molecule has 2 heterocycles. The molecule has 98 valence electrons. The van der Waals surface area contributed by atoms with E-state index in [1.807, 2.05) is 0 Å². The van der Waals surface area contributed by atoms with Gasteiger partial charge in [0.05, 0.1) is 17.0 Å². The molecule has 0 spiro atoms. The zero-order valence-electron chi connectivity index (χ0n) is 9.20. The van der Waals surface area contributed by atoms with Gasteiger partial charge in [0.15, 0.2) is 5.82 Å². The van der Waals surface area contributed by atoms with E-state index >= 15 is 0 Å². The van der Waals surface area contributed by atoms with Crippen LogP contribution in [0, 0.1) is 10.1 Å². The molecular weight excluding hydrogens is 278 g/mol. The quantitative estimate of drug-likeness (QED) is 0.460. The molecule has 0 atom stereocenters. The average molecular weight is 284 g/mol. The van der Waals surface area contributed by atoms with Crippen LogP contribution in [0.2, 0.25) is 5.15 Å². The molecular formula is C8H6ClN7O3. The lowest BCUT2D eigenvalue weighted by Crippen LogP contribution is -2.24. The summed E-state index contributed by atoms with van der Waals surface area (Å²) < 4.78 is 0. The Morgan fingerprint density at radius 1 is 1.58 bits per heavy atom. The van der Waals surface area contributed by atoms with Crippen LogP contribution in [0.25, 0.3) is 0 Å². The number of carbonyl (C=O) groups is 1. The van der Waals surface area contributed by atoms with Crippen molar-refractivity contribution in [2.75, 3.05) is 0 Å². The maximum atomic E-state index is 11.8. The SMILES string of the molecule is O=C(NCc1nn[nH]n1)c1cc([N+](=O)[O-])cnc1Cl. The third-order valence-corrected chi connectivity index (χ3v) is 2.38. The van der Waals surface area contributed by atoms with Crippen LogP contribution in [-0.4, -0.2) is 36.4 Å². The minimum Gasteiger partial charge on any atom is -0.344 e. The number of nitrogens with zero attached hydrogens (tertiary/aromatic N) is 5. The number of tetrazole rings is 1. The Balaban J connectivity index is 2.14. The van der Waals surface area contributed by atoms with Gasteiger partial charge in [0.1, 0.15) is 11.3 Å². The average Bonchev–Trinajstić information content (AvgIpc) is 2.89. The number of hydrogen-bond acceptors (Lipinski definition) is 7. The Hall–Kier alpha value is -2.62. The van der Waals surface area contributed by atoms with Gasteiger partial charge in [-0.05, 0) is 0 Å². The Morgan fingerprint density at radius 2 is 2.37 bits per heavy atom. The molecule has 10 nitrogen and oxygen atoms in total. The monoisotopic (exact) mass is 283 g/mol. The van der Waals surface area contributed by atoms with Gasteiger partial charge in [0.2, 0.25) is 0 Å². The molecule has 19 heavy (non-hydrogen) atoms. The summed E-state index contributed by atoms with van der Waals surface area (Å²) in [5.41, 5.74) is -0.423. The molecule has 0 fully saturated rings.